The van der Waals surface area contributed by atoms with Crippen LogP contribution < -0.4 is 0 Å². The molecule has 2 rings (SSSR count). The molecule has 1 aromatic heterocycles. The van der Waals surface area contributed by atoms with Gasteiger partial charge < -0.3 is 4.98 Å². The lowest BCUT2D eigenvalue weighted by Crippen LogP contribution is -1.85. The smallest absolute Gasteiger partial charge is 0.254 e. The summed E-state index contributed by atoms with van der Waals surface area (Å²) in [6.45, 7) is 1.98. The summed E-state index contributed by atoms with van der Waals surface area (Å²) < 4.78 is 0. The molecule has 0 saturated carbocycles. The van der Waals surface area contributed by atoms with Crippen molar-refractivity contribution >= 4 is 27.7 Å². The number of rotatable bonds is 1. The molecule has 66 valence electrons. The number of H-pyrrole nitrogens is 1. The van der Waals surface area contributed by atoms with Gasteiger partial charge >= 0.3 is 0 Å². The number of aromatic amines is 1. The first-order chi connectivity index (χ1) is 6.18. The van der Waals surface area contributed by atoms with Gasteiger partial charge in [0.1, 0.15) is 0 Å². The second-order valence-electron chi connectivity index (χ2n) is 3.03. The SMILES string of the molecule is Cc1ccc2[nH]cc(C(=O)Cl)c2c1. The molecule has 0 amide bonds. The van der Waals surface area contributed by atoms with E-state index in [9.17, 15) is 4.79 Å². The number of halogens is 1. The van der Waals surface area contributed by atoms with Gasteiger partial charge in [-0.1, -0.05) is 11.6 Å². The Bertz CT molecular complexity index is 473. The minimum Gasteiger partial charge on any atom is -0.360 e. The highest BCUT2D eigenvalue weighted by atomic mass is 35.5. The number of benzene rings is 1. The first kappa shape index (κ1) is 8.32. The minimum atomic E-state index is -0.420. The van der Waals surface area contributed by atoms with Crippen molar-refractivity contribution in [2.24, 2.45) is 0 Å². The van der Waals surface area contributed by atoms with Crippen LogP contribution in [-0.2, 0) is 0 Å². The molecular weight excluding hydrogens is 186 g/mol. The normalized spacial score (nSPS) is 10.6. The Morgan fingerprint density at radius 2 is 2.23 bits per heavy atom. The van der Waals surface area contributed by atoms with Crippen molar-refractivity contribution in [1.29, 1.82) is 0 Å². The van der Waals surface area contributed by atoms with E-state index in [4.69, 9.17) is 11.6 Å². The van der Waals surface area contributed by atoms with Gasteiger partial charge in [-0.2, -0.15) is 0 Å². The fourth-order valence-corrected chi connectivity index (χ4v) is 1.55. The van der Waals surface area contributed by atoms with Crippen molar-refractivity contribution in [2.75, 3.05) is 0 Å². The van der Waals surface area contributed by atoms with Crippen LogP contribution in [0.1, 0.15) is 15.9 Å². The van der Waals surface area contributed by atoms with Gasteiger partial charge in [-0.25, -0.2) is 0 Å². The number of aromatic nitrogens is 1. The molecule has 1 aromatic carbocycles. The van der Waals surface area contributed by atoms with Crippen LogP contribution in [0, 0.1) is 6.92 Å². The van der Waals surface area contributed by atoms with E-state index in [1.807, 2.05) is 25.1 Å². The van der Waals surface area contributed by atoms with Gasteiger partial charge in [-0.3, -0.25) is 4.79 Å². The third kappa shape index (κ3) is 1.33. The van der Waals surface area contributed by atoms with Crippen LogP contribution in [0.15, 0.2) is 24.4 Å². The molecule has 2 nitrogen and oxygen atoms in total. The molecule has 0 fully saturated rings. The summed E-state index contributed by atoms with van der Waals surface area (Å²) in [4.78, 5) is 14.0. The Morgan fingerprint density at radius 3 is 2.92 bits per heavy atom. The Morgan fingerprint density at radius 1 is 1.46 bits per heavy atom. The van der Waals surface area contributed by atoms with Crippen LogP contribution in [0.5, 0.6) is 0 Å². The zero-order valence-corrected chi connectivity index (χ0v) is 7.85. The van der Waals surface area contributed by atoms with Crippen molar-refractivity contribution in [2.45, 2.75) is 6.92 Å². The van der Waals surface area contributed by atoms with Crippen molar-refractivity contribution in [1.82, 2.24) is 4.98 Å². The Kier molecular flexibility index (Phi) is 1.85. The first-order valence-electron chi connectivity index (χ1n) is 3.96. The summed E-state index contributed by atoms with van der Waals surface area (Å²) in [5.41, 5.74) is 2.60. The number of fused-ring (bicyclic) bond motifs is 1. The second kappa shape index (κ2) is 2.89. The zero-order chi connectivity index (χ0) is 9.42. The Hall–Kier alpha value is -1.28. The van der Waals surface area contributed by atoms with Crippen LogP contribution in [0.25, 0.3) is 10.9 Å². The van der Waals surface area contributed by atoms with Gasteiger partial charge in [0, 0.05) is 17.1 Å². The van der Waals surface area contributed by atoms with Gasteiger partial charge in [0.15, 0.2) is 0 Å². The summed E-state index contributed by atoms with van der Waals surface area (Å²) in [5.74, 6) is 0. The molecule has 0 spiro atoms. The molecular formula is C10H8ClNO. The largest absolute Gasteiger partial charge is 0.360 e. The number of aryl methyl sites for hydroxylation is 1. The van der Waals surface area contributed by atoms with E-state index >= 15 is 0 Å². The highest BCUT2D eigenvalue weighted by Crippen LogP contribution is 2.20. The molecule has 0 aliphatic rings. The van der Waals surface area contributed by atoms with Gasteiger partial charge in [-0.15, -0.1) is 0 Å². The highest BCUT2D eigenvalue weighted by molar-refractivity contribution is 6.68. The van der Waals surface area contributed by atoms with Crippen molar-refractivity contribution in [3.63, 3.8) is 0 Å². The fraction of sp³-hybridized carbons (Fsp3) is 0.100. The molecule has 1 N–H and O–H groups in total. The molecule has 1 heterocycles. The number of nitrogens with one attached hydrogen (secondary N) is 1. The van der Waals surface area contributed by atoms with Crippen LogP contribution in [0.2, 0.25) is 0 Å². The van der Waals surface area contributed by atoms with Crippen LogP contribution >= 0.6 is 11.6 Å². The van der Waals surface area contributed by atoms with Crippen molar-refractivity contribution in [3.8, 4) is 0 Å². The third-order valence-corrected chi connectivity index (χ3v) is 2.25. The van der Waals surface area contributed by atoms with E-state index in [2.05, 4.69) is 4.98 Å². The van der Waals surface area contributed by atoms with Crippen molar-refractivity contribution in [3.05, 3.63) is 35.5 Å². The van der Waals surface area contributed by atoms with Gasteiger partial charge in [0.25, 0.3) is 5.24 Å². The predicted molar refractivity (Wildman–Crippen MR) is 53.2 cm³/mol. The maximum absolute atomic E-state index is 11.0. The summed E-state index contributed by atoms with van der Waals surface area (Å²) in [7, 11) is 0. The monoisotopic (exact) mass is 193 g/mol. The molecule has 0 unspecified atom stereocenters. The van der Waals surface area contributed by atoms with Crippen LogP contribution in [0.3, 0.4) is 0 Å². The van der Waals surface area contributed by atoms with E-state index < -0.39 is 5.24 Å². The predicted octanol–water partition coefficient (Wildman–Crippen LogP) is 2.86. The lowest BCUT2D eigenvalue weighted by atomic mass is 10.1. The summed E-state index contributed by atoms with van der Waals surface area (Å²) in [6.07, 6.45) is 1.64. The molecule has 0 radical (unpaired) electrons. The molecule has 3 heteroatoms. The number of hydrogen-bond acceptors (Lipinski definition) is 1. The van der Waals surface area contributed by atoms with Crippen molar-refractivity contribution < 1.29 is 4.79 Å². The molecule has 2 aromatic rings. The maximum Gasteiger partial charge on any atom is 0.254 e. The van der Waals surface area contributed by atoms with Crippen LogP contribution in [0.4, 0.5) is 0 Å². The number of hydrogen-bond donors (Lipinski definition) is 1. The number of carbonyl (C=O) groups excluding carboxylic acids is 1. The summed E-state index contributed by atoms with van der Waals surface area (Å²) in [6, 6.07) is 5.87. The molecule has 0 aliphatic carbocycles. The van der Waals surface area contributed by atoms with Gasteiger partial charge in [-0.05, 0) is 30.7 Å². The van der Waals surface area contributed by atoms with E-state index in [-0.39, 0.29) is 0 Å². The van der Waals surface area contributed by atoms with E-state index in [1.165, 1.54) is 0 Å². The molecule has 13 heavy (non-hydrogen) atoms. The summed E-state index contributed by atoms with van der Waals surface area (Å²) >= 11 is 5.42. The van der Waals surface area contributed by atoms with E-state index in [0.29, 0.717) is 5.56 Å². The third-order valence-electron chi connectivity index (χ3n) is 2.05. The Labute approximate surface area is 80.5 Å². The second-order valence-corrected chi connectivity index (χ2v) is 3.37. The molecule has 0 aliphatic heterocycles. The van der Waals surface area contributed by atoms with E-state index in [0.717, 1.165) is 16.5 Å². The lowest BCUT2D eigenvalue weighted by Gasteiger charge is -1.93. The molecule has 0 atom stereocenters. The quantitative estimate of drug-likeness (QED) is 0.695. The zero-order valence-electron chi connectivity index (χ0n) is 7.10. The maximum atomic E-state index is 11.0. The molecule has 0 saturated heterocycles. The lowest BCUT2D eigenvalue weighted by molar-refractivity contribution is 0.108. The number of carbonyl (C=O) groups is 1. The van der Waals surface area contributed by atoms with Gasteiger partial charge in [0.2, 0.25) is 0 Å². The first-order valence-corrected chi connectivity index (χ1v) is 4.34. The topological polar surface area (TPSA) is 32.9 Å². The molecule has 0 bridgehead atoms. The Balaban J connectivity index is 2.79. The summed E-state index contributed by atoms with van der Waals surface area (Å²) in [5, 5.41) is 0.469. The van der Waals surface area contributed by atoms with Gasteiger partial charge in [0.05, 0.1) is 5.56 Å². The van der Waals surface area contributed by atoms with E-state index in [1.54, 1.807) is 6.20 Å². The standard InChI is InChI=1S/C10H8ClNO/c1-6-2-3-9-7(4-6)8(5-12-9)10(11)13/h2-5,12H,1H3. The average Bonchev–Trinajstić information content (AvgIpc) is 2.46. The highest BCUT2D eigenvalue weighted by Gasteiger charge is 2.08. The average molecular weight is 194 g/mol. The van der Waals surface area contributed by atoms with Crippen LogP contribution in [-0.4, -0.2) is 10.2 Å². The minimum absolute atomic E-state index is 0.420. The fourth-order valence-electron chi connectivity index (χ4n) is 1.40.